The highest BCUT2D eigenvalue weighted by molar-refractivity contribution is 8.18. The van der Waals surface area contributed by atoms with Crippen molar-refractivity contribution in [1.29, 1.82) is 0 Å². The van der Waals surface area contributed by atoms with Gasteiger partial charge in [-0.3, -0.25) is 9.69 Å². The Labute approximate surface area is 151 Å². The fraction of sp³-hybridized carbons (Fsp3) is 0.100. The molecule has 0 spiro atoms. The summed E-state index contributed by atoms with van der Waals surface area (Å²) in [5.74, 6) is 0.00316. The molecule has 2 aromatic rings. The van der Waals surface area contributed by atoms with Crippen LogP contribution in [0.1, 0.15) is 11.1 Å². The van der Waals surface area contributed by atoms with Gasteiger partial charge in [-0.05, 0) is 48.0 Å². The van der Waals surface area contributed by atoms with Crippen molar-refractivity contribution in [3.8, 4) is 5.75 Å². The predicted molar refractivity (Wildman–Crippen MR) is 104 cm³/mol. The number of thioether (sulfide) groups is 1. The van der Waals surface area contributed by atoms with Crippen LogP contribution in [0.15, 0.2) is 70.6 Å². The summed E-state index contributed by atoms with van der Waals surface area (Å²) in [5.41, 5.74) is 2.48. The van der Waals surface area contributed by atoms with Crippen LogP contribution in [-0.4, -0.2) is 28.1 Å². The molecular formula is C20H18N2O2S. The average Bonchev–Trinajstić information content (AvgIpc) is 2.86. The third-order valence-electron chi connectivity index (χ3n) is 3.69. The van der Waals surface area contributed by atoms with Gasteiger partial charge in [0.25, 0.3) is 5.91 Å². The number of phenols is 1. The number of benzene rings is 2. The molecule has 2 aromatic carbocycles. The number of amidine groups is 1. The summed E-state index contributed by atoms with van der Waals surface area (Å²) in [6.07, 6.45) is 5.59. The van der Waals surface area contributed by atoms with Crippen molar-refractivity contribution in [3.05, 3.63) is 76.7 Å². The summed E-state index contributed by atoms with van der Waals surface area (Å²) in [4.78, 5) is 18.9. The number of allylic oxidation sites excluding steroid dienone is 2. The van der Waals surface area contributed by atoms with E-state index < -0.39 is 0 Å². The predicted octanol–water partition coefficient (Wildman–Crippen LogP) is 4.49. The quantitative estimate of drug-likeness (QED) is 0.830. The molecule has 0 aromatic heterocycles. The summed E-state index contributed by atoms with van der Waals surface area (Å²) in [7, 11) is 1.68. The second kappa shape index (κ2) is 7.40. The maximum Gasteiger partial charge on any atom is 0.266 e. The van der Waals surface area contributed by atoms with Gasteiger partial charge in [-0.2, -0.15) is 0 Å². The Bertz CT molecular complexity index is 886. The zero-order valence-electron chi connectivity index (χ0n) is 14.0. The van der Waals surface area contributed by atoms with Crippen LogP contribution in [0.2, 0.25) is 0 Å². The van der Waals surface area contributed by atoms with E-state index in [0.29, 0.717) is 15.8 Å². The highest BCUT2D eigenvalue weighted by Crippen LogP contribution is 2.34. The van der Waals surface area contributed by atoms with Gasteiger partial charge in [0.1, 0.15) is 11.4 Å². The molecule has 0 bridgehead atoms. The topological polar surface area (TPSA) is 52.9 Å². The van der Waals surface area contributed by atoms with Gasteiger partial charge in [-0.1, -0.05) is 48.6 Å². The molecule has 126 valence electrons. The summed E-state index contributed by atoms with van der Waals surface area (Å²) in [6.45, 7) is 1.90. The van der Waals surface area contributed by atoms with Crippen molar-refractivity contribution in [2.45, 2.75) is 6.92 Å². The summed E-state index contributed by atoms with van der Waals surface area (Å²) >= 11 is 1.29. The lowest BCUT2D eigenvalue weighted by Gasteiger charge is -2.08. The number of aryl methyl sites for hydroxylation is 1. The second-order valence-electron chi connectivity index (χ2n) is 5.65. The smallest absolute Gasteiger partial charge is 0.266 e. The number of amides is 1. The van der Waals surface area contributed by atoms with Crippen LogP contribution in [0.25, 0.3) is 6.08 Å². The molecule has 0 aliphatic carbocycles. The van der Waals surface area contributed by atoms with Crippen LogP contribution in [0.5, 0.6) is 5.75 Å². The van der Waals surface area contributed by atoms with Crippen LogP contribution >= 0.6 is 11.8 Å². The summed E-state index contributed by atoms with van der Waals surface area (Å²) in [6, 6.07) is 15.2. The largest absolute Gasteiger partial charge is 0.506 e. The Kier molecular flexibility index (Phi) is 5.05. The lowest BCUT2D eigenvalue weighted by atomic mass is 10.2. The Morgan fingerprint density at radius 3 is 2.64 bits per heavy atom. The molecule has 1 saturated heterocycles. The van der Waals surface area contributed by atoms with E-state index in [9.17, 15) is 9.90 Å². The van der Waals surface area contributed by atoms with Crippen molar-refractivity contribution in [2.75, 3.05) is 7.05 Å². The van der Waals surface area contributed by atoms with E-state index in [1.807, 2.05) is 55.5 Å². The molecule has 1 aliphatic rings. The number of rotatable bonds is 3. The third kappa shape index (κ3) is 4.00. The monoisotopic (exact) mass is 350 g/mol. The highest BCUT2D eigenvalue weighted by Gasteiger charge is 2.30. The van der Waals surface area contributed by atoms with Crippen molar-refractivity contribution in [2.24, 2.45) is 4.99 Å². The molecule has 0 saturated carbocycles. The van der Waals surface area contributed by atoms with Crippen LogP contribution in [0.3, 0.4) is 0 Å². The van der Waals surface area contributed by atoms with Crippen molar-refractivity contribution >= 4 is 34.6 Å². The molecule has 0 atom stereocenters. The molecule has 1 aliphatic heterocycles. The van der Waals surface area contributed by atoms with Crippen molar-refractivity contribution < 1.29 is 9.90 Å². The molecule has 0 radical (unpaired) electrons. The lowest BCUT2D eigenvalue weighted by Crippen LogP contribution is -2.23. The third-order valence-corrected chi connectivity index (χ3v) is 4.76. The standard InChI is InChI=1S/C20H18N2O2S/c1-14-11-12-16(17(23)13-14)21-20-22(2)19(24)18(25-20)10-6-9-15-7-4-3-5-8-15/h3-13,23H,1-2H3/b9-6+,18-10-,21-20?. The van der Waals surface area contributed by atoms with Gasteiger partial charge in [0.2, 0.25) is 0 Å². The van der Waals surface area contributed by atoms with E-state index >= 15 is 0 Å². The Morgan fingerprint density at radius 2 is 1.92 bits per heavy atom. The van der Waals surface area contributed by atoms with E-state index in [1.54, 1.807) is 25.3 Å². The number of likely N-dealkylation sites (N-methyl/N-ethyl adjacent to an activating group) is 1. The molecule has 5 heteroatoms. The number of hydrogen-bond acceptors (Lipinski definition) is 4. The zero-order chi connectivity index (χ0) is 17.8. The molecule has 0 unspecified atom stereocenters. The number of hydrogen-bond donors (Lipinski definition) is 1. The van der Waals surface area contributed by atoms with Crippen LogP contribution in [0.4, 0.5) is 5.69 Å². The molecule has 1 fully saturated rings. The Morgan fingerprint density at radius 1 is 1.16 bits per heavy atom. The minimum absolute atomic E-state index is 0.104. The molecule has 1 N–H and O–H groups in total. The maximum atomic E-state index is 12.3. The normalized spacial score (nSPS) is 18.0. The molecule has 3 rings (SSSR count). The van der Waals surface area contributed by atoms with E-state index in [4.69, 9.17) is 0 Å². The van der Waals surface area contributed by atoms with E-state index in [0.717, 1.165) is 11.1 Å². The number of carbonyl (C=O) groups is 1. The first-order chi connectivity index (χ1) is 12.0. The summed E-state index contributed by atoms with van der Waals surface area (Å²) in [5, 5.41) is 10.5. The van der Waals surface area contributed by atoms with E-state index in [-0.39, 0.29) is 11.7 Å². The maximum absolute atomic E-state index is 12.3. The SMILES string of the molecule is Cc1ccc(N=C2S/C(=C\C=C\c3ccccc3)C(=O)N2C)c(O)c1. The summed E-state index contributed by atoms with van der Waals surface area (Å²) < 4.78 is 0. The second-order valence-corrected chi connectivity index (χ2v) is 6.66. The van der Waals surface area contributed by atoms with Crippen LogP contribution in [-0.2, 0) is 4.79 Å². The van der Waals surface area contributed by atoms with Gasteiger partial charge in [-0.15, -0.1) is 0 Å². The average molecular weight is 350 g/mol. The molecular weight excluding hydrogens is 332 g/mol. The minimum atomic E-state index is -0.104. The van der Waals surface area contributed by atoms with Gasteiger partial charge in [-0.25, -0.2) is 4.99 Å². The van der Waals surface area contributed by atoms with E-state index in [1.165, 1.54) is 16.7 Å². The van der Waals surface area contributed by atoms with Crippen LogP contribution < -0.4 is 0 Å². The van der Waals surface area contributed by atoms with Gasteiger partial charge < -0.3 is 5.11 Å². The number of phenolic OH excluding ortho intramolecular Hbond substituents is 1. The fourth-order valence-electron chi connectivity index (χ4n) is 2.31. The highest BCUT2D eigenvalue weighted by atomic mass is 32.2. The number of nitrogens with zero attached hydrogens (tertiary/aromatic N) is 2. The van der Waals surface area contributed by atoms with Crippen molar-refractivity contribution in [1.82, 2.24) is 4.90 Å². The van der Waals surface area contributed by atoms with Gasteiger partial charge in [0.15, 0.2) is 5.17 Å². The van der Waals surface area contributed by atoms with Gasteiger partial charge in [0, 0.05) is 7.05 Å². The zero-order valence-corrected chi connectivity index (χ0v) is 14.8. The van der Waals surface area contributed by atoms with Gasteiger partial charge >= 0.3 is 0 Å². The van der Waals surface area contributed by atoms with E-state index in [2.05, 4.69) is 4.99 Å². The van der Waals surface area contributed by atoms with Crippen LogP contribution in [0, 0.1) is 6.92 Å². The molecule has 25 heavy (non-hydrogen) atoms. The first kappa shape index (κ1) is 17.0. The molecule has 1 amide bonds. The lowest BCUT2D eigenvalue weighted by molar-refractivity contribution is -0.121. The first-order valence-corrected chi connectivity index (χ1v) is 8.64. The Hall–Kier alpha value is -2.79. The molecule has 4 nitrogen and oxygen atoms in total. The number of aliphatic imine (C=N–C) groups is 1. The molecule has 1 heterocycles. The number of aromatic hydroxyl groups is 1. The van der Waals surface area contributed by atoms with Crippen molar-refractivity contribution in [3.63, 3.8) is 0 Å². The number of carbonyl (C=O) groups excluding carboxylic acids is 1. The minimum Gasteiger partial charge on any atom is -0.506 e. The fourth-order valence-corrected chi connectivity index (χ4v) is 3.24. The first-order valence-electron chi connectivity index (χ1n) is 7.82. The van der Waals surface area contributed by atoms with Gasteiger partial charge in [0.05, 0.1) is 4.91 Å². The Balaban J connectivity index is 1.81.